The molecule has 3 heteroatoms. The van der Waals surface area contributed by atoms with E-state index in [1.54, 1.807) is 6.20 Å². The molecule has 72 valence electrons. The second-order valence-electron chi connectivity index (χ2n) is 4.11. The number of aromatic nitrogens is 3. The number of nitrogens with one attached hydrogen (secondary N) is 1. The van der Waals surface area contributed by atoms with Crippen LogP contribution in [0.1, 0.15) is 32.0 Å². The molecule has 0 unspecified atom stereocenters. The van der Waals surface area contributed by atoms with Crippen molar-refractivity contribution in [3.63, 3.8) is 0 Å². The Labute approximate surface area is 82.6 Å². The summed E-state index contributed by atoms with van der Waals surface area (Å²) < 4.78 is 0. The summed E-state index contributed by atoms with van der Waals surface area (Å²) >= 11 is 0. The summed E-state index contributed by atoms with van der Waals surface area (Å²) in [7, 11) is 0. The molecule has 3 rings (SSSR count). The molecule has 1 aliphatic carbocycles. The van der Waals surface area contributed by atoms with Crippen LogP contribution >= 0.6 is 0 Å². The van der Waals surface area contributed by atoms with Crippen LogP contribution in [0.4, 0.5) is 0 Å². The largest absolute Gasteiger partial charge is 0.340 e. The second kappa shape index (κ2) is 2.56. The van der Waals surface area contributed by atoms with E-state index < -0.39 is 0 Å². The van der Waals surface area contributed by atoms with E-state index in [1.807, 2.05) is 12.3 Å². The van der Waals surface area contributed by atoms with Gasteiger partial charge in [-0.05, 0) is 25.3 Å². The molecule has 0 aromatic carbocycles. The number of fused-ring (bicyclic) bond motifs is 1. The first-order valence-electron chi connectivity index (χ1n) is 5.14. The topological polar surface area (TPSA) is 41.6 Å². The van der Waals surface area contributed by atoms with Crippen molar-refractivity contribution in [3.05, 3.63) is 24.3 Å². The van der Waals surface area contributed by atoms with E-state index in [4.69, 9.17) is 0 Å². The molecular formula is C11H13N3. The Balaban J connectivity index is 2.15. The molecule has 2 aromatic heterocycles. The van der Waals surface area contributed by atoms with Gasteiger partial charge in [-0.2, -0.15) is 0 Å². The highest BCUT2D eigenvalue weighted by Crippen LogP contribution is 2.49. The van der Waals surface area contributed by atoms with E-state index in [0.29, 0.717) is 5.41 Å². The smallest absolute Gasteiger partial charge is 0.113 e. The monoisotopic (exact) mass is 187 g/mol. The van der Waals surface area contributed by atoms with Crippen molar-refractivity contribution in [2.75, 3.05) is 0 Å². The average molecular weight is 187 g/mol. The number of hydrogen-bond acceptors (Lipinski definition) is 2. The highest BCUT2D eigenvalue weighted by atomic mass is 15.0. The Hall–Kier alpha value is -1.38. The number of nitrogens with zero attached hydrogens (tertiary/aromatic N) is 2. The first kappa shape index (κ1) is 7.97. The normalized spacial score (nSPS) is 18.6. The Morgan fingerprint density at radius 1 is 1.50 bits per heavy atom. The third-order valence-electron chi connectivity index (χ3n) is 3.32. The van der Waals surface area contributed by atoms with Crippen molar-refractivity contribution in [1.82, 2.24) is 15.0 Å². The zero-order valence-electron chi connectivity index (χ0n) is 8.25. The minimum Gasteiger partial charge on any atom is -0.340 e. The summed E-state index contributed by atoms with van der Waals surface area (Å²) in [4.78, 5) is 12.1. The van der Waals surface area contributed by atoms with Gasteiger partial charge in [0.25, 0.3) is 0 Å². The number of hydrogen-bond donors (Lipinski definition) is 1. The molecule has 1 fully saturated rings. The Kier molecular flexibility index (Phi) is 1.46. The van der Waals surface area contributed by atoms with Crippen LogP contribution in [0.3, 0.4) is 0 Å². The van der Waals surface area contributed by atoms with Crippen molar-refractivity contribution in [2.45, 2.75) is 31.6 Å². The standard InChI is InChI=1S/C11H13N3/c1-2-11(4-5-11)10-13-8-3-6-12-7-9(8)14-10/h3,6-7H,2,4-5H2,1H3,(H,13,14). The lowest BCUT2D eigenvalue weighted by Crippen LogP contribution is -2.06. The minimum absolute atomic E-state index is 0.360. The van der Waals surface area contributed by atoms with Crippen LogP contribution in [0, 0.1) is 0 Å². The zero-order valence-corrected chi connectivity index (χ0v) is 8.25. The number of imidazole rings is 1. The SMILES string of the molecule is CCC1(c2nc3ccncc3[nH]2)CC1. The van der Waals surface area contributed by atoms with Gasteiger partial charge in [-0.3, -0.25) is 4.98 Å². The lowest BCUT2D eigenvalue weighted by atomic mass is 10.0. The average Bonchev–Trinajstić information content (AvgIpc) is 2.91. The predicted octanol–water partition coefficient (Wildman–Crippen LogP) is 2.40. The second-order valence-corrected chi connectivity index (χ2v) is 4.11. The molecule has 0 spiro atoms. The number of H-pyrrole nitrogens is 1. The molecule has 1 saturated carbocycles. The Morgan fingerprint density at radius 2 is 2.36 bits per heavy atom. The molecule has 1 aliphatic rings. The molecule has 0 aliphatic heterocycles. The molecule has 0 radical (unpaired) electrons. The quantitative estimate of drug-likeness (QED) is 0.784. The van der Waals surface area contributed by atoms with Gasteiger partial charge < -0.3 is 4.98 Å². The molecule has 2 heterocycles. The van der Waals surface area contributed by atoms with Gasteiger partial charge in [-0.25, -0.2) is 4.98 Å². The van der Waals surface area contributed by atoms with Gasteiger partial charge in [0, 0.05) is 11.6 Å². The van der Waals surface area contributed by atoms with E-state index >= 15 is 0 Å². The van der Waals surface area contributed by atoms with E-state index in [2.05, 4.69) is 21.9 Å². The maximum Gasteiger partial charge on any atom is 0.113 e. The van der Waals surface area contributed by atoms with Gasteiger partial charge in [-0.1, -0.05) is 6.92 Å². The van der Waals surface area contributed by atoms with Crippen molar-refractivity contribution >= 4 is 11.0 Å². The number of rotatable bonds is 2. The Bertz CT molecular complexity index is 435. The summed E-state index contributed by atoms with van der Waals surface area (Å²) in [5, 5.41) is 0. The third-order valence-corrected chi connectivity index (χ3v) is 3.32. The van der Waals surface area contributed by atoms with Gasteiger partial charge in [0.2, 0.25) is 0 Å². The third kappa shape index (κ3) is 0.983. The minimum atomic E-state index is 0.360. The molecule has 14 heavy (non-hydrogen) atoms. The summed E-state index contributed by atoms with van der Waals surface area (Å²) in [5.41, 5.74) is 2.45. The summed E-state index contributed by atoms with van der Waals surface area (Å²) in [6, 6.07) is 1.96. The van der Waals surface area contributed by atoms with Gasteiger partial charge in [-0.15, -0.1) is 0 Å². The number of aromatic amines is 1. The fourth-order valence-corrected chi connectivity index (χ4v) is 2.02. The number of pyridine rings is 1. The van der Waals surface area contributed by atoms with Crippen LogP contribution in [0.5, 0.6) is 0 Å². The highest BCUT2D eigenvalue weighted by Gasteiger charge is 2.45. The lowest BCUT2D eigenvalue weighted by molar-refractivity contribution is 0.626. The highest BCUT2D eigenvalue weighted by molar-refractivity contribution is 5.73. The maximum atomic E-state index is 4.62. The predicted molar refractivity (Wildman–Crippen MR) is 55.1 cm³/mol. The van der Waals surface area contributed by atoms with Crippen molar-refractivity contribution in [3.8, 4) is 0 Å². The first-order valence-corrected chi connectivity index (χ1v) is 5.14. The van der Waals surface area contributed by atoms with Gasteiger partial charge in [0.05, 0.1) is 17.2 Å². The van der Waals surface area contributed by atoms with Crippen molar-refractivity contribution in [1.29, 1.82) is 0 Å². The molecular weight excluding hydrogens is 174 g/mol. The summed E-state index contributed by atoms with van der Waals surface area (Å²) in [6.45, 7) is 2.23. The zero-order chi connectivity index (χ0) is 9.60. The Morgan fingerprint density at radius 3 is 3.00 bits per heavy atom. The molecule has 0 saturated heterocycles. The van der Waals surface area contributed by atoms with Crippen molar-refractivity contribution < 1.29 is 0 Å². The molecule has 0 amide bonds. The van der Waals surface area contributed by atoms with Gasteiger partial charge >= 0.3 is 0 Å². The fraction of sp³-hybridized carbons (Fsp3) is 0.455. The maximum absolute atomic E-state index is 4.62. The summed E-state index contributed by atoms with van der Waals surface area (Å²) in [6.07, 6.45) is 7.36. The molecule has 0 atom stereocenters. The van der Waals surface area contributed by atoms with E-state index in [-0.39, 0.29) is 0 Å². The van der Waals surface area contributed by atoms with Crippen LogP contribution in [0.15, 0.2) is 18.5 Å². The summed E-state index contributed by atoms with van der Waals surface area (Å²) in [5.74, 6) is 1.16. The van der Waals surface area contributed by atoms with E-state index in [9.17, 15) is 0 Å². The lowest BCUT2D eigenvalue weighted by Gasteiger charge is -2.06. The van der Waals surface area contributed by atoms with Crippen LogP contribution in [0.25, 0.3) is 11.0 Å². The molecule has 1 N–H and O–H groups in total. The van der Waals surface area contributed by atoms with Crippen molar-refractivity contribution in [2.24, 2.45) is 0 Å². The van der Waals surface area contributed by atoms with Crippen LogP contribution < -0.4 is 0 Å². The van der Waals surface area contributed by atoms with E-state index in [0.717, 1.165) is 16.9 Å². The molecule has 3 nitrogen and oxygen atoms in total. The van der Waals surface area contributed by atoms with Crippen LogP contribution in [-0.2, 0) is 5.41 Å². The van der Waals surface area contributed by atoms with Gasteiger partial charge in [0.15, 0.2) is 0 Å². The van der Waals surface area contributed by atoms with E-state index in [1.165, 1.54) is 19.3 Å². The fourth-order valence-electron chi connectivity index (χ4n) is 2.02. The van der Waals surface area contributed by atoms with Crippen LogP contribution in [-0.4, -0.2) is 15.0 Å². The molecule has 2 aromatic rings. The van der Waals surface area contributed by atoms with Crippen LogP contribution in [0.2, 0.25) is 0 Å². The molecule has 0 bridgehead atoms. The first-order chi connectivity index (χ1) is 6.84. The van der Waals surface area contributed by atoms with Gasteiger partial charge in [0.1, 0.15) is 5.82 Å².